The van der Waals surface area contributed by atoms with E-state index in [2.05, 4.69) is 5.32 Å². The van der Waals surface area contributed by atoms with Gasteiger partial charge in [-0.15, -0.1) is 11.8 Å². The third-order valence-electron chi connectivity index (χ3n) is 4.08. The summed E-state index contributed by atoms with van der Waals surface area (Å²) < 4.78 is 18.1. The molecule has 1 heterocycles. The van der Waals surface area contributed by atoms with E-state index in [1.807, 2.05) is 0 Å². The van der Waals surface area contributed by atoms with Crippen molar-refractivity contribution < 1.29 is 23.8 Å². The molecule has 1 aromatic rings. The van der Waals surface area contributed by atoms with Crippen LogP contribution >= 0.6 is 11.8 Å². The van der Waals surface area contributed by atoms with Crippen LogP contribution in [0.5, 0.6) is 0 Å². The minimum atomic E-state index is -0.872. The molecular weight excluding hydrogens is 333 g/mol. The molecule has 0 saturated carbocycles. The molecule has 1 amide bonds. The van der Waals surface area contributed by atoms with Gasteiger partial charge in [0, 0.05) is 36.8 Å². The van der Waals surface area contributed by atoms with E-state index in [0.717, 1.165) is 4.90 Å². The molecule has 1 atom stereocenters. The van der Waals surface area contributed by atoms with Crippen molar-refractivity contribution in [3.05, 3.63) is 30.1 Å². The SMILES string of the molecule is O=C(CCSc1ccc(F)cc1)NCC(C(=O)O)C1CCOCC1. The number of ether oxygens (including phenoxy) is 1. The maximum absolute atomic E-state index is 12.8. The average molecular weight is 355 g/mol. The Balaban J connectivity index is 1.70. The van der Waals surface area contributed by atoms with Gasteiger partial charge in [0.05, 0.1) is 5.92 Å². The van der Waals surface area contributed by atoms with Crippen LogP contribution in [0.3, 0.4) is 0 Å². The Morgan fingerprint density at radius 2 is 1.96 bits per heavy atom. The van der Waals surface area contributed by atoms with Gasteiger partial charge >= 0.3 is 5.97 Å². The van der Waals surface area contributed by atoms with Crippen molar-refractivity contribution in [2.24, 2.45) is 11.8 Å². The van der Waals surface area contributed by atoms with E-state index in [-0.39, 0.29) is 24.2 Å². The molecule has 1 saturated heterocycles. The van der Waals surface area contributed by atoms with Crippen LogP contribution in [0.25, 0.3) is 0 Å². The number of carboxylic acid groups (broad SMARTS) is 1. The fourth-order valence-corrected chi connectivity index (χ4v) is 3.53. The van der Waals surface area contributed by atoms with Crippen LogP contribution < -0.4 is 5.32 Å². The average Bonchev–Trinajstić information content (AvgIpc) is 2.57. The minimum Gasteiger partial charge on any atom is -0.481 e. The lowest BCUT2D eigenvalue weighted by Crippen LogP contribution is -2.39. The van der Waals surface area contributed by atoms with E-state index in [9.17, 15) is 19.1 Å². The molecule has 2 rings (SSSR count). The smallest absolute Gasteiger partial charge is 0.308 e. The van der Waals surface area contributed by atoms with Gasteiger partial charge in [-0.25, -0.2) is 4.39 Å². The van der Waals surface area contributed by atoms with Crippen molar-refractivity contribution >= 4 is 23.6 Å². The van der Waals surface area contributed by atoms with Gasteiger partial charge in [0.25, 0.3) is 0 Å². The highest BCUT2D eigenvalue weighted by molar-refractivity contribution is 7.99. The molecule has 0 aromatic heterocycles. The second-order valence-electron chi connectivity index (χ2n) is 5.75. The zero-order valence-electron chi connectivity index (χ0n) is 13.4. The molecule has 0 spiro atoms. The van der Waals surface area contributed by atoms with E-state index < -0.39 is 11.9 Å². The van der Waals surface area contributed by atoms with Gasteiger partial charge in [0.2, 0.25) is 5.91 Å². The summed E-state index contributed by atoms with van der Waals surface area (Å²) in [6.07, 6.45) is 1.72. The number of hydrogen-bond donors (Lipinski definition) is 2. The first-order valence-electron chi connectivity index (χ1n) is 8.02. The predicted molar refractivity (Wildman–Crippen MR) is 89.4 cm³/mol. The van der Waals surface area contributed by atoms with Gasteiger partial charge in [-0.1, -0.05) is 0 Å². The molecule has 5 nitrogen and oxygen atoms in total. The molecule has 2 N–H and O–H groups in total. The maximum Gasteiger partial charge on any atom is 0.308 e. The predicted octanol–water partition coefficient (Wildman–Crippen LogP) is 2.55. The molecule has 0 bridgehead atoms. The number of benzene rings is 1. The lowest BCUT2D eigenvalue weighted by atomic mass is 9.86. The number of nitrogens with one attached hydrogen (secondary N) is 1. The summed E-state index contributed by atoms with van der Waals surface area (Å²) in [6.45, 7) is 1.31. The summed E-state index contributed by atoms with van der Waals surface area (Å²) in [4.78, 5) is 24.2. The number of aliphatic carboxylic acids is 1. The van der Waals surface area contributed by atoms with Crippen molar-refractivity contribution in [1.82, 2.24) is 5.32 Å². The van der Waals surface area contributed by atoms with Crippen molar-refractivity contribution in [1.29, 1.82) is 0 Å². The Morgan fingerprint density at radius 3 is 2.58 bits per heavy atom. The summed E-state index contributed by atoms with van der Waals surface area (Å²) >= 11 is 1.47. The number of carbonyl (C=O) groups excluding carboxylic acids is 1. The molecule has 24 heavy (non-hydrogen) atoms. The van der Waals surface area contributed by atoms with E-state index in [0.29, 0.717) is 38.2 Å². The number of carbonyl (C=O) groups is 2. The standard InChI is InChI=1S/C17H22FNO4S/c18-13-1-3-14(4-2-13)24-10-7-16(20)19-11-15(17(21)22)12-5-8-23-9-6-12/h1-4,12,15H,5-11H2,(H,19,20)(H,21,22). The quantitative estimate of drug-likeness (QED) is 0.701. The Kier molecular flexibility index (Phi) is 7.52. The highest BCUT2D eigenvalue weighted by atomic mass is 32.2. The van der Waals surface area contributed by atoms with Crippen LogP contribution in [-0.4, -0.2) is 42.5 Å². The number of hydrogen-bond acceptors (Lipinski definition) is 4. The van der Waals surface area contributed by atoms with E-state index in [1.54, 1.807) is 12.1 Å². The van der Waals surface area contributed by atoms with Crippen LogP contribution in [0.2, 0.25) is 0 Å². The van der Waals surface area contributed by atoms with Gasteiger partial charge in [0.1, 0.15) is 5.82 Å². The minimum absolute atomic E-state index is 0.0464. The number of thioether (sulfide) groups is 1. The Hall–Kier alpha value is -1.60. The van der Waals surface area contributed by atoms with Crippen LogP contribution in [0, 0.1) is 17.7 Å². The lowest BCUT2D eigenvalue weighted by Gasteiger charge is -2.27. The molecule has 1 aliphatic rings. The third-order valence-corrected chi connectivity index (χ3v) is 5.10. The maximum atomic E-state index is 12.8. The van der Waals surface area contributed by atoms with Gasteiger partial charge in [0.15, 0.2) is 0 Å². The number of halogens is 1. The van der Waals surface area contributed by atoms with Crippen molar-refractivity contribution in [2.75, 3.05) is 25.5 Å². The summed E-state index contributed by atoms with van der Waals surface area (Å²) in [5, 5.41) is 12.1. The molecule has 132 valence electrons. The highest BCUT2D eigenvalue weighted by Crippen LogP contribution is 2.24. The van der Waals surface area contributed by atoms with E-state index >= 15 is 0 Å². The second kappa shape index (κ2) is 9.64. The fraction of sp³-hybridized carbons (Fsp3) is 0.529. The Morgan fingerprint density at radius 1 is 1.29 bits per heavy atom. The number of rotatable bonds is 8. The largest absolute Gasteiger partial charge is 0.481 e. The molecule has 1 aromatic carbocycles. The zero-order chi connectivity index (χ0) is 17.4. The lowest BCUT2D eigenvalue weighted by molar-refractivity contribution is -0.144. The normalized spacial score (nSPS) is 16.5. The van der Waals surface area contributed by atoms with Crippen molar-refractivity contribution in [3.63, 3.8) is 0 Å². The highest BCUT2D eigenvalue weighted by Gasteiger charge is 2.29. The number of carboxylic acids is 1. The molecule has 0 radical (unpaired) electrons. The van der Waals surface area contributed by atoms with Crippen LogP contribution in [0.4, 0.5) is 4.39 Å². The molecular formula is C17H22FNO4S. The van der Waals surface area contributed by atoms with Crippen LogP contribution in [0.1, 0.15) is 19.3 Å². The van der Waals surface area contributed by atoms with Crippen LogP contribution in [0.15, 0.2) is 29.2 Å². The first-order valence-corrected chi connectivity index (χ1v) is 9.00. The van der Waals surface area contributed by atoms with E-state index in [4.69, 9.17) is 4.74 Å². The molecule has 7 heteroatoms. The summed E-state index contributed by atoms with van der Waals surface area (Å²) in [5.41, 5.74) is 0. The van der Waals surface area contributed by atoms with E-state index in [1.165, 1.54) is 23.9 Å². The Labute approximate surface area is 145 Å². The monoisotopic (exact) mass is 355 g/mol. The van der Waals surface area contributed by atoms with Gasteiger partial charge in [-0.05, 0) is 43.0 Å². The summed E-state index contributed by atoms with van der Waals surface area (Å²) in [5.74, 6) is -1.28. The summed E-state index contributed by atoms with van der Waals surface area (Å²) in [6, 6.07) is 6.11. The van der Waals surface area contributed by atoms with Gasteiger partial charge in [-0.3, -0.25) is 9.59 Å². The van der Waals surface area contributed by atoms with Crippen LogP contribution in [-0.2, 0) is 14.3 Å². The fourth-order valence-electron chi connectivity index (χ4n) is 2.68. The van der Waals surface area contributed by atoms with Gasteiger partial charge in [-0.2, -0.15) is 0 Å². The first kappa shape index (κ1) is 18.7. The molecule has 1 unspecified atom stereocenters. The zero-order valence-corrected chi connectivity index (χ0v) is 14.2. The van der Waals surface area contributed by atoms with Gasteiger partial charge < -0.3 is 15.2 Å². The molecule has 0 aliphatic carbocycles. The topological polar surface area (TPSA) is 75.6 Å². The summed E-state index contributed by atoms with van der Waals surface area (Å²) in [7, 11) is 0. The third kappa shape index (κ3) is 6.13. The van der Waals surface area contributed by atoms with Crippen molar-refractivity contribution in [2.45, 2.75) is 24.2 Å². The molecule has 1 fully saturated rings. The molecule has 1 aliphatic heterocycles. The van der Waals surface area contributed by atoms with Crippen molar-refractivity contribution in [3.8, 4) is 0 Å². The Bertz CT molecular complexity index is 546. The first-order chi connectivity index (χ1) is 11.6. The number of amides is 1. The second-order valence-corrected chi connectivity index (χ2v) is 6.92.